The van der Waals surface area contributed by atoms with Crippen LogP contribution in [0.3, 0.4) is 0 Å². The van der Waals surface area contributed by atoms with Gasteiger partial charge in [-0.1, -0.05) is 0 Å². The molecular formula is C20H23F3N4O5. The Morgan fingerprint density at radius 2 is 2.03 bits per heavy atom. The smallest absolute Gasteiger partial charge is 0.490 e. The molecule has 12 heteroatoms. The fourth-order valence-corrected chi connectivity index (χ4v) is 3.77. The summed E-state index contributed by atoms with van der Waals surface area (Å²) in [6, 6.07) is 5.53. The average molecular weight is 456 g/mol. The molecule has 4 rings (SSSR count). The lowest BCUT2D eigenvalue weighted by molar-refractivity contribution is -0.192. The van der Waals surface area contributed by atoms with Gasteiger partial charge in [0.15, 0.2) is 0 Å². The quantitative estimate of drug-likeness (QED) is 0.734. The number of hydrogen-bond acceptors (Lipinski definition) is 6. The van der Waals surface area contributed by atoms with Crippen molar-refractivity contribution in [3.63, 3.8) is 0 Å². The zero-order chi connectivity index (χ0) is 23.3. The summed E-state index contributed by atoms with van der Waals surface area (Å²) in [5.74, 6) is -1.13. The van der Waals surface area contributed by atoms with E-state index in [1.165, 1.54) is 0 Å². The molecule has 1 amide bonds. The van der Waals surface area contributed by atoms with Crippen molar-refractivity contribution in [2.24, 2.45) is 18.9 Å². The molecule has 32 heavy (non-hydrogen) atoms. The predicted molar refractivity (Wildman–Crippen MR) is 104 cm³/mol. The Balaban J connectivity index is 0.000000360. The second-order valence-corrected chi connectivity index (χ2v) is 7.47. The number of nitrogens with zero attached hydrogens (tertiary/aromatic N) is 4. The van der Waals surface area contributed by atoms with E-state index in [0.29, 0.717) is 30.7 Å². The van der Waals surface area contributed by atoms with Crippen LogP contribution in [-0.4, -0.2) is 75.2 Å². The van der Waals surface area contributed by atoms with Crippen LogP contribution < -0.4 is 4.74 Å². The molecule has 0 bridgehead atoms. The van der Waals surface area contributed by atoms with E-state index in [9.17, 15) is 18.0 Å². The van der Waals surface area contributed by atoms with Crippen molar-refractivity contribution in [1.82, 2.24) is 19.7 Å². The molecule has 4 heterocycles. The second kappa shape index (κ2) is 9.98. The van der Waals surface area contributed by atoms with Crippen molar-refractivity contribution < 1.29 is 37.3 Å². The number of aromatic nitrogens is 3. The Morgan fingerprint density at radius 3 is 2.62 bits per heavy atom. The molecule has 2 aromatic heterocycles. The standard InChI is InChI=1S/C18H22N4O3.C2HF3O2/c1-21-16(4-7-20-21)18(23)22-10-15-13(12-25-17(15)11-22)5-8-24-14-3-2-6-19-9-14;3-2(4,5)1(6)7/h2-4,6-7,9,13,15,17H,5,8,10-12H2,1H3;(H,6,7)/t13-,15-,17-;/m0./s1. The Hall–Kier alpha value is -3.15. The van der Waals surface area contributed by atoms with E-state index in [0.717, 1.165) is 25.3 Å². The lowest BCUT2D eigenvalue weighted by atomic mass is 9.91. The van der Waals surface area contributed by atoms with Gasteiger partial charge in [-0.2, -0.15) is 18.3 Å². The number of aliphatic carboxylic acids is 1. The molecule has 0 radical (unpaired) electrons. The molecule has 9 nitrogen and oxygen atoms in total. The number of ether oxygens (including phenoxy) is 2. The molecule has 2 fully saturated rings. The van der Waals surface area contributed by atoms with Gasteiger partial charge in [-0.15, -0.1) is 0 Å². The maximum Gasteiger partial charge on any atom is 0.490 e. The Bertz CT molecular complexity index is 921. The summed E-state index contributed by atoms with van der Waals surface area (Å²) in [4.78, 5) is 27.5. The first-order chi connectivity index (χ1) is 15.2. The van der Waals surface area contributed by atoms with Crippen LogP contribution in [0.15, 0.2) is 36.8 Å². The number of amides is 1. The number of carboxylic acid groups (broad SMARTS) is 1. The number of halogens is 3. The minimum Gasteiger partial charge on any atom is -0.492 e. The van der Waals surface area contributed by atoms with Crippen LogP contribution in [0.4, 0.5) is 13.2 Å². The van der Waals surface area contributed by atoms with Crippen molar-refractivity contribution in [2.45, 2.75) is 18.7 Å². The highest BCUT2D eigenvalue weighted by Crippen LogP contribution is 2.36. The number of alkyl halides is 3. The first-order valence-corrected chi connectivity index (χ1v) is 9.88. The van der Waals surface area contributed by atoms with E-state index < -0.39 is 12.1 Å². The normalized spacial score (nSPS) is 22.1. The first-order valence-electron chi connectivity index (χ1n) is 9.88. The van der Waals surface area contributed by atoms with E-state index >= 15 is 0 Å². The highest BCUT2D eigenvalue weighted by Gasteiger charge is 2.45. The van der Waals surface area contributed by atoms with E-state index in [1.807, 2.05) is 17.0 Å². The summed E-state index contributed by atoms with van der Waals surface area (Å²) in [6.45, 7) is 2.79. The minimum absolute atomic E-state index is 0.0309. The number of carbonyl (C=O) groups is 2. The van der Waals surface area contributed by atoms with Crippen LogP contribution in [0.1, 0.15) is 16.9 Å². The van der Waals surface area contributed by atoms with Crippen molar-refractivity contribution in [1.29, 1.82) is 0 Å². The van der Waals surface area contributed by atoms with Crippen molar-refractivity contribution in [2.75, 3.05) is 26.3 Å². The zero-order valence-corrected chi connectivity index (χ0v) is 17.2. The maximum absolute atomic E-state index is 12.6. The lowest BCUT2D eigenvalue weighted by Crippen LogP contribution is -2.32. The maximum atomic E-state index is 12.6. The molecule has 0 unspecified atom stereocenters. The van der Waals surface area contributed by atoms with Gasteiger partial charge in [0.1, 0.15) is 11.4 Å². The van der Waals surface area contributed by atoms with Gasteiger partial charge in [-0.25, -0.2) is 4.79 Å². The number of pyridine rings is 1. The number of likely N-dealkylation sites (tertiary alicyclic amines) is 1. The summed E-state index contributed by atoms with van der Waals surface area (Å²) >= 11 is 0. The number of hydrogen-bond donors (Lipinski definition) is 1. The van der Waals surface area contributed by atoms with Gasteiger partial charge in [0.05, 0.1) is 25.5 Å². The van der Waals surface area contributed by atoms with Crippen LogP contribution >= 0.6 is 0 Å². The summed E-state index contributed by atoms with van der Waals surface area (Å²) in [6.07, 6.45) is 1.08. The van der Waals surface area contributed by atoms with Crippen molar-refractivity contribution >= 4 is 11.9 Å². The van der Waals surface area contributed by atoms with Gasteiger partial charge >= 0.3 is 12.1 Å². The zero-order valence-electron chi connectivity index (χ0n) is 17.2. The fourth-order valence-electron chi connectivity index (χ4n) is 3.77. The van der Waals surface area contributed by atoms with Gasteiger partial charge in [0.2, 0.25) is 0 Å². The molecule has 2 aliphatic rings. The molecular weight excluding hydrogens is 433 g/mol. The molecule has 0 saturated carbocycles. The Kier molecular flexibility index (Phi) is 7.33. The number of carboxylic acids is 1. The number of carbonyl (C=O) groups excluding carboxylic acids is 1. The fraction of sp³-hybridized carbons (Fsp3) is 0.500. The van der Waals surface area contributed by atoms with Crippen molar-refractivity contribution in [3.05, 3.63) is 42.5 Å². The van der Waals surface area contributed by atoms with Gasteiger partial charge in [0.25, 0.3) is 5.91 Å². The SMILES string of the molecule is Cn1nccc1C(=O)N1C[C@H]2[C@@H](CCOc3cccnc3)CO[C@H]2C1.O=C(O)C(F)(F)F. The third-order valence-electron chi connectivity index (χ3n) is 5.40. The molecule has 1 N–H and O–H groups in total. The highest BCUT2D eigenvalue weighted by atomic mass is 19.4. The first kappa shape index (κ1) is 23.5. The number of fused-ring (bicyclic) bond motifs is 1. The Labute approximate surface area is 181 Å². The largest absolute Gasteiger partial charge is 0.492 e. The van der Waals surface area contributed by atoms with E-state index in [-0.39, 0.29) is 12.0 Å². The summed E-state index contributed by atoms with van der Waals surface area (Å²) in [7, 11) is 1.79. The molecule has 0 aromatic carbocycles. The second-order valence-electron chi connectivity index (χ2n) is 7.47. The monoisotopic (exact) mass is 456 g/mol. The lowest BCUT2D eigenvalue weighted by Gasteiger charge is -2.20. The van der Waals surface area contributed by atoms with Gasteiger partial charge in [-0.05, 0) is 30.5 Å². The summed E-state index contributed by atoms with van der Waals surface area (Å²) < 4.78 is 45.0. The van der Waals surface area contributed by atoms with Crippen LogP contribution in [0.5, 0.6) is 5.75 Å². The van der Waals surface area contributed by atoms with Crippen LogP contribution in [0.25, 0.3) is 0 Å². The third-order valence-corrected chi connectivity index (χ3v) is 5.40. The molecule has 0 spiro atoms. The van der Waals surface area contributed by atoms with Crippen LogP contribution in [0.2, 0.25) is 0 Å². The molecule has 174 valence electrons. The van der Waals surface area contributed by atoms with E-state index in [1.54, 1.807) is 36.4 Å². The molecule has 2 aromatic rings. The predicted octanol–water partition coefficient (Wildman–Crippen LogP) is 2.00. The number of aryl methyl sites for hydroxylation is 1. The minimum atomic E-state index is -5.08. The topological polar surface area (TPSA) is 107 Å². The van der Waals surface area contributed by atoms with Crippen LogP contribution in [0, 0.1) is 11.8 Å². The average Bonchev–Trinajstić information content (AvgIpc) is 3.45. The van der Waals surface area contributed by atoms with E-state index in [2.05, 4.69) is 10.1 Å². The molecule has 0 aliphatic carbocycles. The summed E-state index contributed by atoms with van der Waals surface area (Å²) in [5.41, 5.74) is 0.622. The van der Waals surface area contributed by atoms with Gasteiger partial charge in [0, 0.05) is 38.4 Å². The van der Waals surface area contributed by atoms with Gasteiger partial charge in [-0.3, -0.25) is 14.5 Å². The number of rotatable bonds is 5. The van der Waals surface area contributed by atoms with E-state index in [4.69, 9.17) is 19.4 Å². The summed E-state index contributed by atoms with van der Waals surface area (Å²) in [5, 5.41) is 11.2. The van der Waals surface area contributed by atoms with Crippen LogP contribution in [-0.2, 0) is 16.6 Å². The molecule has 2 aliphatic heterocycles. The highest BCUT2D eigenvalue weighted by molar-refractivity contribution is 5.92. The molecule has 2 saturated heterocycles. The molecule has 3 atom stereocenters. The van der Waals surface area contributed by atoms with Gasteiger partial charge < -0.3 is 19.5 Å². The third kappa shape index (κ3) is 5.75. The van der Waals surface area contributed by atoms with Crippen molar-refractivity contribution in [3.8, 4) is 5.75 Å². The Morgan fingerprint density at radius 1 is 1.28 bits per heavy atom.